The van der Waals surface area contributed by atoms with Crippen molar-refractivity contribution in [1.29, 1.82) is 0 Å². The van der Waals surface area contributed by atoms with Crippen molar-refractivity contribution in [3.8, 4) is 11.1 Å². The maximum atomic E-state index is 12.6. The molecule has 2 aromatic rings. The lowest BCUT2D eigenvalue weighted by molar-refractivity contribution is -0.120. The van der Waals surface area contributed by atoms with Gasteiger partial charge in [0.05, 0.1) is 5.54 Å². The van der Waals surface area contributed by atoms with Crippen LogP contribution in [0.2, 0.25) is 5.02 Å². The molecule has 0 aromatic heterocycles. The van der Waals surface area contributed by atoms with Gasteiger partial charge in [0.2, 0.25) is 5.91 Å². The molecule has 4 rings (SSSR count). The molecule has 2 aliphatic heterocycles. The molecule has 5 heteroatoms. The quantitative estimate of drug-likeness (QED) is 0.898. The van der Waals surface area contributed by atoms with Crippen LogP contribution in [0.15, 0.2) is 42.5 Å². The number of amides is 2. The van der Waals surface area contributed by atoms with E-state index in [9.17, 15) is 9.59 Å². The second-order valence-electron chi connectivity index (χ2n) is 7.05. The predicted octanol–water partition coefficient (Wildman–Crippen LogP) is 3.42. The summed E-state index contributed by atoms with van der Waals surface area (Å²) in [5, 5.41) is 3.70. The second kappa shape index (κ2) is 5.88. The number of rotatable bonds is 2. The van der Waals surface area contributed by atoms with Crippen LogP contribution in [0.1, 0.15) is 28.8 Å². The summed E-state index contributed by atoms with van der Waals surface area (Å²) in [4.78, 5) is 25.8. The fourth-order valence-electron chi connectivity index (χ4n) is 3.67. The Morgan fingerprint density at radius 3 is 2.52 bits per heavy atom. The average Bonchev–Trinajstić information content (AvgIpc) is 2.97. The minimum atomic E-state index is -0.179. The predicted molar refractivity (Wildman–Crippen MR) is 97.6 cm³/mol. The lowest BCUT2D eigenvalue weighted by Gasteiger charge is -2.47. The average molecular weight is 355 g/mol. The highest BCUT2D eigenvalue weighted by molar-refractivity contribution is 6.33. The van der Waals surface area contributed by atoms with Crippen molar-refractivity contribution < 1.29 is 9.59 Å². The van der Waals surface area contributed by atoms with Crippen LogP contribution < -0.4 is 5.32 Å². The first-order chi connectivity index (χ1) is 12.0. The third kappa shape index (κ3) is 2.91. The van der Waals surface area contributed by atoms with E-state index < -0.39 is 0 Å². The van der Waals surface area contributed by atoms with Gasteiger partial charge in [0.1, 0.15) is 0 Å². The summed E-state index contributed by atoms with van der Waals surface area (Å²) < 4.78 is 0. The number of benzene rings is 2. The smallest absolute Gasteiger partial charge is 0.254 e. The van der Waals surface area contributed by atoms with Crippen molar-refractivity contribution in [2.45, 2.75) is 25.3 Å². The number of aryl methyl sites for hydroxylation is 1. The summed E-state index contributed by atoms with van der Waals surface area (Å²) in [6.07, 6.45) is 1.38. The number of halogens is 1. The van der Waals surface area contributed by atoms with E-state index in [1.54, 1.807) is 4.90 Å². The van der Waals surface area contributed by atoms with Gasteiger partial charge in [0.15, 0.2) is 0 Å². The normalized spacial score (nSPS) is 18.2. The molecule has 2 fully saturated rings. The molecule has 2 saturated heterocycles. The van der Waals surface area contributed by atoms with E-state index in [1.807, 2.05) is 49.4 Å². The molecule has 0 atom stereocenters. The summed E-state index contributed by atoms with van der Waals surface area (Å²) in [7, 11) is 0. The molecule has 4 nitrogen and oxygen atoms in total. The van der Waals surface area contributed by atoms with Crippen LogP contribution in [0.25, 0.3) is 11.1 Å². The van der Waals surface area contributed by atoms with E-state index in [0.29, 0.717) is 30.1 Å². The first-order valence-corrected chi connectivity index (χ1v) is 8.80. The van der Waals surface area contributed by atoms with E-state index in [1.165, 1.54) is 0 Å². The van der Waals surface area contributed by atoms with Gasteiger partial charge in [-0.1, -0.05) is 35.4 Å². The summed E-state index contributed by atoms with van der Waals surface area (Å²) >= 11 is 6.29. The van der Waals surface area contributed by atoms with Crippen LogP contribution in [0, 0.1) is 6.92 Å². The molecular weight excluding hydrogens is 336 g/mol. The van der Waals surface area contributed by atoms with Crippen molar-refractivity contribution in [3.05, 3.63) is 58.6 Å². The molecule has 128 valence electrons. The van der Waals surface area contributed by atoms with Gasteiger partial charge in [-0.05, 0) is 43.2 Å². The zero-order valence-corrected chi connectivity index (χ0v) is 14.8. The van der Waals surface area contributed by atoms with Gasteiger partial charge >= 0.3 is 0 Å². The monoisotopic (exact) mass is 354 g/mol. The van der Waals surface area contributed by atoms with Gasteiger partial charge in [0, 0.05) is 35.7 Å². The SMILES string of the molecule is Cc1ccc(Cl)c(-c2ccc(C(=O)N3CC4(CCC(=O)N4)C3)cc2)c1. The van der Waals surface area contributed by atoms with E-state index >= 15 is 0 Å². The Bertz CT molecular complexity index is 854. The number of nitrogens with one attached hydrogen (secondary N) is 1. The third-order valence-corrected chi connectivity index (χ3v) is 5.40. The van der Waals surface area contributed by atoms with E-state index in [-0.39, 0.29) is 17.4 Å². The standard InChI is InChI=1S/C20H19ClN2O2/c1-13-2-7-17(21)16(10-13)14-3-5-15(6-4-14)19(25)23-11-20(12-23)9-8-18(24)22-20/h2-7,10H,8-9,11-12H2,1H3,(H,22,24). The highest BCUT2D eigenvalue weighted by atomic mass is 35.5. The Morgan fingerprint density at radius 2 is 1.88 bits per heavy atom. The molecule has 0 aliphatic carbocycles. The minimum Gasteiger partial charge on any atom is -0.347 e. The Hall–Kier alpha value is -2.33. The van der Waals surface area contributed by atoms with Gasteiger partial charge in [-0.3, -0.25) is 9.59 Å². The summed E-state index contributed by atoms with van der Waals surface area (Å²) in [6.45, 7) is 3.23. The van der Waals surface area contributed by atoms with Crippen molar-refractivity contribution >= 4 is 23.4 Å². The number of hydrogen-bond donors (Lipinski definition) is 1. The van der Waals surface area contributed by atoms with Crippen LogP contribution in [-0.4, -0.2) is 35.3 Å². The highest BCUT2D eigenvalue weighted by Crippen LogP contribution is 2.32. The van der Waals surface area contributed by atoms with Crippen molar-refractivity contribution in [2.24, 2.45) is 0 Å². The summed E-state index contributed by atoms with van der Waals surface area (Å²) in [5.74, 6) is 0.0974. The Balaban J connectivity index is 1.48. The van der Waals surface area contributed by atoms with Crippen LogP contribution in [-0.2, 0) is 4.79 Å². The third-order valence-electron chi connectivity index (χ3n) is 5.07. The number of nitrogens with zero attached hydrogens (tertiary/aromatic N) is 1. The second-order valence-corrected chi connectivity index (χ2v) is 7.46. The van der Waals surface area contributed by atoms with Crippen molar-refractivity contribution in [2.75, 3.05) is 13.1 Å². The number of likely N-dealkylation sites (tertiary alicyclic amines) is 1. The van der Waals surface area contributed by atoms with Gasteiger partial charge in [-0.25, -0.2) is 0 Å². The largest absolute Gasteiger partial charge is 0.347 e. The maximum absolute atomic E-state index is 12.6. The zero-order chi connectivity index (χ0) is 17.6. The summed E-state index contributed by atoms with van der Waals surface area (Å²) in [6, 6.07) is 13.5. The van der Waals surface area contributed by atoms with Gasteiger partial charge in [-0.2, -0.15) is 0 Å². The Kier molecular flexibility index (Phi) is 3.80. The van der Waals surface area contributed by atoms with E-state index in [0.717, 1.165) is 23.1 Å². The van der Waals surface area contributed by atoms with Gasteiger partial charge < -0.3 is 10.2 Å². The molecule has 0 radical (unpaired) electrons. The number of hydrogen-bond acceptors (Lipinski definition) is 2. The molecule has 1 spiro atoms. The maximum Gasteiger partial charge on any atom is 0.254 e. The fourth-order valence-corrected chi connectivity index (χ4v) is 3.90. The van der Waals surface area contributed by atoms with E-state index in [4.69, 9.17) is 11.6 Å². The fraction of sp³-hybridized carbons (Fsp3) is 0.300. The van der Waals surface area contributed by atoms with Gasteiger partial charge in [0.25, 0.3) is 5.91 Å². The Labute approximate surface area is 151 Å². The molecule has 2 amide bonds. The molecule has 0 bridgehead atoms. The van der Waals surface area contributed by atoms with Crippen LogP contribution >= 0.6 is 11.6 Å². The van der Waals surface area contributed by atoms with Crippen LogP contribution in [0.5, 0.6) is 0 Å². The molecule has 0 unspecified atom stereocenters. The Morgan fingerprint density at radius 1 is 1.16 bits per heavy atom. The van der Waals surface area contributed by atoms with Crippen LogP contribution in [0.3, 0.4) is 0 Å². The molecule has 0 saturated carbocycles. The first kappa shape index (κ1) is 16.2. The number of carbonyl (C=O) groups is 2. The lowest BCUT2D eigenvalue weighted by Crippen LogP contribution is -2.68. The summed E-state index contributed by atoms with van der Waals surface area (Å²) in [5.41, 5.74) is 3.59. The van der Waals surface area contributed by atoms with Crippen molar-refractivity contribution in [3.63, 3.8) is 0 Å². The first-order valence-electron chi connectivity index (χ1n) is 8.43. The molecule has 2 aliphatic rings. The zero-order valence-electron chi connectivity index (χ0n) is 14.0. The molecule has 2 heterocycles. The molecular formula is C20H19ClN2O2. The number of carbonyl (C=O) groups excluding carboxylic acids is 2. The minimum absolute atomic E-state index is 0.00802. The van der Waals surface area contributed by atoms with Gasteiger partial charge in [-0.15, -0.1) is 0 Å². The molecule has 2 aromatic carbocycles. The highest BCUT2D eigenvalue weighted by Gasteiger charge is 2.49. The van der Waals surface area contributed by atoms with E-state index in [2.05, 4.69) is 5.32 Å². The molecule has 25 heavy (non-hydrogen) atoms. The molecule has 1 N–H and O–H groups in total. The topological polar surface area (TPSA) is 49.4 Å². The lowest BCUT2D eigenvalue weighted by atomic mass is 9.87. The van der Waals surface area contributed by atoms with Crippen molar-refractivity contribution in [1.82, 2.24) is 10.2 Å². The van der Waals surface area contributed by atoms with Crippen LogP contribution in [0.4, 0.5) is 0 Å².